The molecule has 1 aromatic rings. The number of anilines is 1. The Balaban J connectivity index is 2.11. The molecule has 0 saturated carbocycles. The van der Waals surface area contributed by atoms with Crippen LogP contribution in [0.15, 0.2) is 12.3 Å². The molecule has 1 unspecified atom stereocenters. The van der Waals surface area contributed by atoms with E-state index in [-0.39, 0.29) is 11.4 Å². The molecule has 0 aliphatic carbocycles. The van der Waals surface area contributed by atoms with Crippen molar-refractivity contribution < 1.29 is 9.53 Å². The van der Waals surface area contributed by atoms with E-state index in [1.165, 1.54) is 6.20 Å². The number of carbonyl (C=O) groups is 1. The molecular formula is C14H20ClN3O2. The van der Waals surface area contributed by atoms with Gasteiger partial charge in [-0.3, -0.25) is 4.79 Å². The summed E-state index contributed by atoms with van der Waals surface area (Å²) in [6.07, 6.45) is 3.30. The van der Waals surface area contributed by atoms with Crippen LogP contribution in [0.5, 0.6) is 0 Å². The van der Waals surface area contributed by atoms with Crippen molar-refractivity contribution in [2.75, 3.05) is 25.1 Å². The standard InChI is InChI=1S/C14H20ClN3O2/c1-3-5-16-12-7-10(11(15)8-17-12)13(19)18-14(2)4-6-20-9-14/h7-8H,3-6,9H2,1-2H3,(H,16,17)(H,18,19). The Morgan fingerprint density at radius 1 is 1.60 bits per heavy atom. The highest BCUT2D eigenvalue weighted by Gasteiger charge is 2.32. The second kappa shape index (κ2) is 6.41. The molecule has 0 bridgehead atoms. The van der Waals surface area contributed by atoms with E-state index in [9.17, 15) is 4.79 Å². The highest BCUT2D eigenvalue weighted by Crippen LogP contribution is 2.22. The number of halogens is 1. The average Bonchev–Trinajstić information content (AvgIpc) is 2.84. The van der Waals surface area contributed by atoms with Crippen molar-refractivity contribution in [3.8, 4) is 0 Å². The number of nitrogens with one attached hydrogen (secondary N) is 2. The van der Waals surface area contributed by atoms with Crippen molar-refractivity contribution >= 4 is 23.3 Å². The highest BCUT2D eigenvalue weighted by atomic mass is 35.5. The Kier molecular flexibility index (Phi) is 4.83. The lowest BCUT2D eigenvalue weighted by molar-refractivity contribution is 0.0890. The monoisotopic (exact) mass is 297 g/mol. The SMILES string of the molecule is CCCNc1cc(C(=O)NC2(C)CCOC2)c(Cl)cn1. The Bertz CT molecular complexity index is 487. The fourth-order valence-electron chi connectivity index (χ4n) is 2.07. The second-order valence-corrected chi connectivity index (χ2v) is 5.70. The first-order valence-corrected chi connectivity index (χ1v) is 7.21. The molecule has 5 nitrogen and oxygen atoms in total. The van der Waals surface area contributed by atoms with E-state index in [2.05, 4.69) is 22.5 Å². The van der Waals surface area contributed by atoms with Gasteiger partial charge in [0.1, 0.15) is 5.82 Å². The molecule has 1 aliphatic heterocycles. The predicted octanol–water partition coefficient (Wildman–Crippen LogP) is 2.47. The van der Waals surface area contributed by atoms with E-state index in [1.807, 2.05) is 6.92 Å². The maximum atomic E-state index is 12.3. The fraction of sp³-hybridized carbons (Fsp3) is 0.571. The third kappa shape index (κ3) is 3.61. The first-order valence-electron chi connectivity index (χ1n) is 6.84. The normalized spacial score (nSPS) is 21.8. The van der Waals surface area contributed by atoms with Gasteiger partial charge in [-0.15, -0.1) is 0 Å². The van der Waals surface area contributed by atoms with Gasteiger partial charge in [0, 0.05) is 19.3 Å². The lowest BCUT2D eigenvalue weighted by atomic mass is 10.0. The zero-order chi connectivity index (χ0) is 14.6. The van der Waals surface area contributed by atoms with Crippen molar-refractivity contribution in [1.29, 1.82) is 0 Å². The summed E-state index contributed by atoms with van der Waals surface area (Å²) in [7, 11) is 0. The number of nitrogens with zero attached hydrogens (tertiary/aromatic N) is 1. The zero-order valence-electron chi connectivity index (χ0n) is 11.8. The van der Waals surface area contributed by atoms with Crippen molar-refractivity contribution in [3.05, 3.63) is 22.8 Å². The van der Waals surface area contributed by atoms with Gasteiger partial charge >= 0.3 is 0 Å². The number of pyridine rings is 1. The summed E-state index contributed by atoms with van der Waals surface area (Å²) in [5.41, 5.74) is 0.120. The summed E-state index contributed by atoms with van der Waals surface area (Å²) in [5, 5.41) is 6.49. The molecule has 110 valence electrons. The van der Waals surface area contributed by atoms with Crippen LogP contribution in [0.2, 0.25) is 5.02 Å². The number of hydrogen-bond donors (Lipinski definition) is 2. The molecule has 2 N–H and O–H groups in total. The van der Waals surface area contributed by atoms with Gasteiger partial charge in [-0.1, -0.05) is 18.5 Å². The van der Waals surface area contributed by atoms with Gasteiger partial charge < -0.3 is 15.4 Å². The fourth-order valence-corrected chi connectivity index (χ4v) is 2.26. The number of hydrogen-bond acceptors (Lipinski definition) is 4. The molecule has 1 amide bonds. The van der Waals surface area contributed by atoms with E-state index >= 15 is 0 Å². The Morgan fingerprint density at radius 3 is 3.05 bits per heavy atom. The van der Waals surface area contributed by atoms with Crippen LogP contribution in [0.4, 0.5) is 5.82 Å². The lowest BCUT2D eigenvalue weighted by Crippen LogP contribution is -2.46. The number of aromatic nitrogens is 1. The molecule has 6 heteroatoms. The number of amides is 1. The third-order valence-corrected chi connectivity index (χ3v) is 3.59. The summed E-state index contributed by atoms with van der Waals surface area (Å²) < 4.78 is 5.33. The molecule has 2 heterocycles. The van der Waals surface area contributed by atoms with Gasteiger partial charge in [0.2, 0.25) is 0 Å². The van der Waals surface area contributed by atoms with Crippen molar-refractivity contribution in [1.82, 2.24) is 10.3 Å². The van der Waals surface area contributed by atoms with Crippen LogP contribution in [0.1, 0.15) is 37.0 Å². The van der Waals surface area contributed by atoms with Crippen molar-refractivity contribution in [3.63, 3.8) is 0 Å². The quantitative estimate of drug-likeness (QED) is 0.876. The van der Waals surface area contributed by atoms with Crippen LogP contribution >= 0.6 is 11.6 Å². The van der Waals surface area contributed by atoms with Gasteiger partial charge in [0.25, 0.3) is 5.91 Å². The van der Waals surface area contributed by atoms with E-state index in [4.69, 9.17) is 16.3 Å². The first kappa shape index (κ1) is 15.1. The van der Waals surface area contributed by atoms with Crippen LogP contribution in [0.3, 0.4) is 0 Å². The Labute approximate surface area is 124 Å². The Morgan fingerprint density at radius 2 is 2.40 bits per heavy atom. The largest absolute Gasteiger partial charge is 0.379 e. The summed E-state index contributed by atoms with van der Waals surface area (Å²) in [4.78, 5) is 16.5. The molecule has 1 atom stereocenters. The smallest absolute Gasteiger partial charge is 0.253 e. The van der Waals surface area contributed by atoms with Gasteiger partial charge in [-0.05, 0) is 25.8 Å². The predicted molar refractivity (Wildman–Crippen MR) is 79.3 cm³/mol. The lowest BCUT2D eigenvalue weighted by Gasteiger charge is -2.23. The molecule has 0 radical (unpaired) electrons. The molecule has 1 aliphatic rings. The van der Waals surface area contributed by atoms with Crippen LogP contribution in [-0.2, 0) is 4.74 Å². The van der Waals surface area contributed by atoms with Gasteiger partial charge in [0.05, 0.1) is 22.7 Å². The molecule has 1 fully saturated rings. The number of rotatable bonds is 5. The number of ether oxygens (including phenoxy) is 1. The van der Waals surface area contributed by atoms with Gasteiger partial charge in [-0.25, -0.2) is 4.98 Å². The molecule has 0 spiro atoms. The molecular weight excluding hydrogens is 278 g/mol. The summed E-state index contributed by atoms with van der Waals surface area (Å²) in [6.45, 7) is 6.05. The zero-order valence-corrected chi connectivity index (χ0v) is 12.6. The third-order valence-electron chi connectivity index (χ3n) is 3.29. The average molecular weight is 298 g/mol. The Hall–Kier alpha value is -1.33. The van der Waals surface area contributed by atoms with E-state index in [0.29, 0.717) is 29.6 Å². The minimum atomic E-state index is -0.319. The van der Waals surface area contributed by atoms with Gasteiger partial charge in [0.15, 0.2) is 0 Å². The van der Waals surface area contributed by atoms with Crippen LogP contribution in [0, 0.1) is 0 Å². The minimum Gasteiger partial charge on any atom is -0.379 e. The maximum Gasteiger partial charge on any atom is 0.253 e. The van der Waals surface area contributed by atoms with Crippen LogP contribution < -0.4 is 10.6 Å². The topological polar surface area (TPSA) is 63.2 Å². The van der Waals surface area contributed by atoms with E-state index in [1.54, 1.807) is 6.07 Å². The molecule has 20 heavy (non-hydrogen) atoms. The molecule has 2 rings (SSSR count). The van der Waals surface area contributed by atoms with Crippen LogP contribution in [0.25, 0.3) is 0 Å². The summed E-state index contributed by atoms with van der Waals surface area (Å²) in [6, 6.07) is 1.69. The molecule has 1 aromatic heterocycles. The van der Waals surface area contributed by atoms with Gasteiger partial charge in [-0.2, -0.15) is 0 Å². The summed E-state index contributed by atoms with van der Waals surface area (Å²) in [5.74, 6) is 0.471. The van der Waals surface area contributed by atoms with E-state index < -0.39 is 0 Å². The minimum absolute atomic E-state index is 0.190. The maximum absolute atomic E-state index is 12.3. The number of carbonyl (C=O) groups excluding carboxylic acids is 1. The van der Waals surface area contributed by atoms with Crippen molar-refractivity contribution in [2.24, 2.45) is 0 Å². The first-order chi connectivity index (χ1) is 9.54. The second-order valence-electron chi connectivity index (χ2n) is 5.29. The molecule has 0 aromatic carbocycles. The summed E-state index contributed by atoms with van der Waals surface area (Å²) >= 11 is 6.07. The van der Waals surface area contributed by atoms with Crippen LogP contribution in [-0.4, -0.2) is 36.2 Å². The molecule has 1 saturated heterocycles. The highest BCUT2D eigenvalue weighted by molar-refractivity contribution is 6.33. The van der Waals surface area contributed by atoms with Crippen molar-refractivity contribution in [2.45, 2.75) is 32.2 Å². The van der Waals surface area contributed by atoms with E-state index in [0.717, 1.165) is 19.4 Å².